The van der Waals surface area contributed by atoms with Crippen LogP contribution in [-0.4, -0.2) is 21.9 Å². The number of fused-ring (bicyclic) bond motifs is 1. The zero-order chi connectivity index (χ0) is 20.5. The Balaban J connectivity index is 1.69. The average Bonchev–Trinajstić information content (AvgIpc) is 3.03. The van der Waals surface area contributed by atoms with Crippen molar-refractivity contribution in [3.63, 3.8) is 0 Å². The molecule has 1 aliphatic rings. The Kier molecular flexibility index (Phi) is 4.81. The number of nitrogens with zero attached hydrogens (tertiary/aromatic N) is 4. The molecule has 0 bridgehead atoms. The molecule has 0 spiro atoms. The van der Waals surface area contributed by atoms with Crippen molar-refractivity contribution >= 4 is 34.6 Å². The molecule has 2 aromatic carbocycles. The number of rotatable bonds is 4. The summed E-state index contributed by atoms with van der Waals surface area (Å²) in [5.74, 6) is -0.0250. The van der Waals surface area contributed by atoms with Crippen LogP contribution in [-0.2, 0) is 6.67 Å². The minimum atomic E-state index is -0.466. The Morgan fingerprint density at radius 3 is 2.79 bits per heavy atom. The number of aromatic nitrogens is 1. The molecule has 2 heterocycles. The quantitative estimate of drug-likeness (QED) is 0.373. The van der Waals surface area contributed by atoms with Gasteiger partial charge in [0.05, 0.1) is 9.46 Å². The number of anilines is 1. The minimum absolute atomic E-state index is 0.0250. The molecule has 1 aliphatic heterocycles. The largest absolute Gasteiger partial charge is 0.334 e. The molecular formula is C20H16N4O4S. The molecule has 3 aromatic rings. The molecule has 0 radical (unpaired) electrons. The van der Waals surface area contributed by atoms with Gasteiger partial charge in [0, 0.05) is 23.4 Å². The average molecular weight is 408 g/mol. The Labute approximate surface area is 168 Å². The van der Waals surface area contributed by atoms with E-state index in [2.05, 4.69) is 4.99 Å². The molecule has 0 atom stereocenters. The van der Waals surface area contributed by atoms with Crippen LogP contribution in [0.5, 0.6) is 0 Å². The summed E-state index contributed by atoms with van der Waals surface area (Å²) in [7, 11) is 0. The fourth-order valence-electron chi connectivity index (χ4n) is 3.08. The third kappa shape index (κ3) is 3.72. The van der Waals surface area contributed by atoms with Crippen LogP contribution >= 0.6 is 11.3 Å². The van der Waals surface area contributed by atoms with E-state index in [-0.39, 0.29) is 17.0 Å². The molecule has 4 rings (SSSR count). The van der Waals surface area contributed by atoms with Gasteiger partial charge in [0.1, 0.15) is 13.3 Å². The van der Waals surface area contributed by atoms with Crippen LogP contribution in [0.15, 0.2) is 58.3 Å². The third-order valence-corrected chi connectivity index (χ3v) is 5.62. The van der Waals surface area contributed by atoms with E-state index in [1.54, 1.807) is 41.0 Å². The van der Waals surface area contributed by atoms with Crippen molar-refractivity contribution in [1.82, 2.24) is 4.57 Å². The van der Waals surface area contributed by atoms with Gasteiger partial charge in [-0.05, 0) is 30.7 Å². The van der Waals surface area contributed by atoms with Crippen LogP contribution in [0.1, 0.15) is 22.8 Å². The smallest absolute Gasteiger partial charge is 0.271 e. The van der Waals surface area contributed by atoms with Crippen molar-refractivity contribution < 1.29 is 9.72 Å². The van der Waals surface area contributed by atoms with Crippen molar-refractivity contribution in [3.05, 3.63) is 89.5 Å². The molecule has 8 nitrogen and oxygen atoms in total. The topological polar surface area (TPSA) is 97.8 Å². The van der Waals surface area contributed by atoms with Gasteiger partial charge in [0.25, 0.3) is 11.2 Å². The predicted octanol–water partition coefficient (Wildman–Crippen LogP) is 1.90. The second-order valence-corrected chi connectivity index (χ2v) is 7.57. The van der Waals surface area contributed by atoms with Crippen molar-refractivity contribution in [2.24, 2.45) is 4.99 Å². The molecule has 0 aliphatic carbocycles. The monoisotopic (exact) mass is 408 g/mol. The van der Waals surface area contributed by atoms with Crippen molar-refractivity contribution in [3.8, 4) is 0 Å². The van der Waals surface area contributed by atoms with Crippen LogP contribution in [0.3, 0.4) is 0 Å². The highest BCUT2D eigenvalue weighted by atomic mass is 32.1. The summed E-state index contributed by atoms with van der Waals surface area (Å²) in [6.45, 7) is 2.20. The number of non-ortho nitro benzene ring substituents is 1. The Bertz CT molecular complexity index is 1310. The van der Waals surface area contributed by atoms with Gasteiger partial charge in [-0.3, -0.25) is 24.3 Å². The van der Waals surface area contributed by atoms with Gasteiger partial charge < -0.3 is 4.90 Å². The zero-order valence-corrected chi connectivity index (χ0v) is 16.3. The van der Waals surface area contributed by atoms with E-state index >= 15 is 0 Å². The molecule has 0 fully saturated rings. The molecule has 146 valence electrons. The summed E-state index contributed by atoms with van der Waals surface area (Å²) in [5, 5.41) is 11.0. The maximum atomic E-state index is 12.9. The lowest BCUT2D eigenvalue weighted by atomic mass is 10.1. The van der Waals surface area contributed by atoms with Crippen LogP contribution in [0.4, 0.5) is 11.4 Å². The number of carbonyl (C=O) groups is 1. The van der Waals surface area contributed by atoms with E-state index in [1.165, 1.54) is 30.4 Å². The van der Waals surface area contributed by atoms with Gasteiger partial charge in [0.2, 0.25) is 0 Å². The Morgan fingerprint density at radius 1 is 1.24 bits per heavy atom. The summed E-state index contributed by atoms with van der Waals surface area (Å²) in [5.41, 5.74) is 1.77. The van der Waals surface area contributed by atoms with Gasteiger partial charge in [-0.25, -0.2) is 4.99 Å². The first-order chi connectivity index (χ1) is 13.9. The highest BCUT2D eigenvalue weighted by molar-refractivity contribution is 7.07. The highest BCUT2D eigenvalue weighted by Gasteiger charge is 2.17. The molecule has 9 heteroatoms. The SMILES string of the molecule is CC(=O)c1cccc(N2CN=c3s/c(=C\c4cccc([N+](=O)[O-])c4)c(=O)n3C2)c1. The molecular weight excluding hydrogens is 392 g/mol. The van der Waals surface area contributed by atoms with Crippen molar-refractivity contribution in [2.75, 3.05) is 11.6 Å². The fraction of sp³-hybridized carbons (Fsp3) is 0.150. The van der Waals surface area contributed by atoms with Gasteiger partial charge in [-0.1, -0.05) is 35.6 Å². The normalized spacial score (nSPS) is 13.7. The number of ketones is 1. The minimum Gasteiger partial charge on any atom is -0.334 e. The molecule has 0 saturated carbocycles. The molecule has 29 heavy (non-hydrogen) atoms. The van der Waals surface area contributed by atoms with E-state index in [9.17, 15) is 19.7 Å². The van der Waals surface area contributed by atoms with Crippen LogP contribution < -0.4 is 19.8 Å². The van der Waals surface area contributed by atoms with E-state index in [1.807, 2.05) is 11.0 Å². The summed E-state index contributed by atoms with van der Waals surface area (Å²) in [6, 6.07) is 13.4. The lowest BCUT2D eigenvalue weighted by Crippen LogP contribution is -2.42. The number of carbonyl (C=O) groups excluding carboxylic acids is 1. The standard InChI is InChI=1S/C20H16N4O4S/c1-13(25)15-5-3-6-16(10-15)22-11-21-20-23(12-22)19(26)18(29-20)9-14-4-2-7-17(8-14)24(27)28/h2-10H,11-12H2,1H3/b18-9-. The first-order valence-corrected chi connectivity index (χ1v) is 9.60. The third-order valence-electron chi connectivity index (χ3n) is 4.57. The van der Waals surface area contributed by atoms with Gasteiger partial charge in [-0.2, -0.15) is 0 Å². The summed E-state index contributed by atoms with van der Waals surface area (Å²) in [4.78, 5) is 42.0. The molecule has 0 unspecified atom stereocenters. The Hall–Kier alpha value is -3.59. The molecule has 0 saturated heterocycles. The first-order valence-electron chi connectivity index (χ1n) is 8.78. The number of hydrogen-bond donors (Lipinski definition) is 0. The number of benzene rings is 2. The number of hydrogen-bond acceptors (Lipinski definition) is 7. The Morgan fingerprint density at radius 2 is 2.03 bits per heavy atom. The second-order valence-electron chi connectivity index (χ2n) is 6.57. The number of Topliss-reactive ketones (excluding diaryl/α,β-unsaturated/α-hetero) is 1. The fourth-order valence-corrected chi connectivity index (χ4v) is 4.04. The van der Waals surface area contributed by atoms with Gasteiger partial charge in [0.15, 0.2) is 10.6 Å². The van der Waals surface area contributed by atoms with Crippen LogP contribution in [0, 0.1) is 10.1 Å². The summed E-state index contributed by atoms with van der Waals surface area (Å²) < 4.78 is 2.03. The lowest BCUT2D eigenvalue weighted by molar-refractivity contribution is -0.384. The van der Waals surface area contributed by atoms with E-state index in [4.69, 9.17) is 0 Å². The molecule has 0 amide bonds. The summed E-state index contributed by atoms with van der Waals surface area (Å²) >= 11 is 1.25. The maximum absolute atomic E-state index is 12.9. The molecule has 1 aromatic heterocycles. The number of nitro benzene ring substituents is 1. The summed E-state index contributed by atoms with van der Waals surface area (Å²) in [6.07, 6.45) is 1.64. The van der Waals surface area contributed by atoms with E-state index in [0.717, 1.165) is 5.69 Å². The van der Waals surface area contributed by atoms with Gasteiger partial charge in [-0.15, -0.1) is 0 Å². The second kappa shape index (κ2) is 7.44. The van der Waals surface area contributed by atoms with Crippen molar-refractivity contribution in [1.29, 1.82) is 0 Å². The van der Waals surface area contributed by atoms with Crippen LogP contribution in [0.25, 0.3) is 6.08 Å². The number of nitro groups is 1. The van der Waals surface area contributed by atoms with E-state index in [0.29, 0.717) is 33.8 Å². The predicted molar refractivity (Wildman–Crippen MR) is 110 cm³/mol. The first kappa shape index (κ1) is 18.8. The zero-order valence-electron chi connectivity index (χ0n) is 15.4. The van der Waals surface area contributed by atoms with E-state index < -0.39 is 4.92 Å². The highest BCUT2D eigenvalue weighted by Crippen LogP contribution is 2.18. The van der Waals surface area contributed by atoms with Gasteiger partial charge >= 0.3 is 0 Å². The van der Waals surface area contributed by atoms with Crippen molar-refractivity contribution in [2.45, 2.75) is 13.6 Å². The molecule has 0 N–H and O–H groups in total. The maximum Gasteiger partial charge on any atom is 0.271 e. The van der Waals surface area contributed by atoms with Crippen LogP contribution in [0.2, 0.25) is 0 Å². The lowest BCUT2D eigenvalue weighted by Gasteiger charge is -2.25. The number of thiazole rings is 1.